The van der Waals surface area contributed by atoms with Crippen LogP contribution < -0.4 is 14.2 Å². The maximum absolute atomic E-state index is 13.5. The molecule has 0 radical (unpaired) electrons. The summed E-state index contributed by atoms with van der Waals surface area (Å²) in [5.74, 6) is -0.0194. The van der Waals surface area contributed by atoms with Crippen LogP contribution >= 0.6 is 0 Å². The first-order chi connectivity index (χ1) is 18.5. The number of rotatable bonds is 7. The highest BCUT2D eigenvalue weighted by molar-refractivity contribution is 6.46. The van der Waals surface area contributed by atoms with Crippen molar-refractivity contribution in [2.45, 2.75) is 12.6 Å². The van der Waals surface area contributed by atoms with Gasteiger partial charge in [0.1, 0.15) is 11.5 Å². The highest BCUT2D eigenvalue weighted by Gasteiger charge is 2.46. The molecule has 1 amide bonds. The summed E-state index contributed by atoms with van der Waals surface area (Å²) in [4.78, 5) is 28.5. The lowest BCUT2D eigenvalue weighted by Gasteiger charge is -2.26. The van der Waals surface area contributed by atoms with E-state index in [0.29, 0.717) is 28.4 Å². The fourth-order valence-electron chi connectivity index (χ4n) is 4.92. The van der Waals surface area contributed by atoms with Crippen LogP contribution in [0.2, 0.25) is 0 Å². The number of likely N-dealkylation sites (tertiary alicyclic amines) is 1. The van der Waals surface area contributed by atoms with E-state index >= 15 is 0 Å². The van der Waals surface area contributed by atoms with Gasteiger partial charge in [-0.15, -0.1) is 0 Å². The van der Waals surface area contributed by atoms with Crippen LogP contribution in [0.1, 0.15) is 22.7 Å². The van der Waals surface area contributed by atoms with Crippen molar-refractivity contribution < 1.29 is 28.9 Å². The summed E-state index contributed by atoms with van der Waals surface area (Å²) in [7, 11) is 4.64. The minimum Gasteiger partial charge on any atom is -0.507 e. The van der Waals surface area contributed by atoms with Gasteiger partial charge in [0.25, 0.3) is 11.7 Å². The predicted octanol–water partition coefficient (Wildman–Crippen LogP) is 5.49. The molecule has 1 heterocycles. The summed E-state index contributed by atoms with van der Waals surface area (Å²) < 4.78 is 16.1. The van der Waals surface area contributed by atoms with Gasteiger partial charge in [0, 0.05) is 12.1 Å². The molecule has 0 spiro atoms. The molecule has 192 valence electrons. The third kappa shape index (κ3) is 4.32. The number of nitrogens with zero attached hydrogens (tertiary/aromatic N) is 1. The fourth-order valence-corrected chi connectivity index (χ4v) is 4.92. The number of carbonyl (C=O) groups excluding carboxylic acids is 2. The number of amides is 1. The second-order valence-corrected chi connectivity index (χ2v) is 8.92. The number of ether oxygens (including phenoxy) is 3. The van der Waals surface area contributed by atoms with Crippen LogP contribution in [0, 0.1) is 0 Å². The Hall–Kier alpha value is -4.78. The third-order valence-electron chi connectivity index (χ3n) is 6.82. The monoisotopic (exact) mass is 509 g/mol. The smallest absolute Gasteiger partial charge is 0.295 e. The van der Waals surface area contributed by atoms with Crippen molar-refractivity contribution in [3.63, 3.8) is 0 Å². The van der Waals surface area contributed by atoms with Gasteiger partial charge in [0.15, 0.2) is 11.5 Å². The van der Waals surface area contributed by atoms with Crippen molar-refractivity contribution in [1.29, 1.82) is 0 Å². The molecule has 38 heavy (non-hydrogen) atoms. The van der Waals surface area contributed by atoms with Crippen LogP contribution in [-0.4, -0.2) is 43.0 Å². The average Bonchev–Trinajstić information content (AvgIpc) is 3.21. The van der Waals surface area contributed by atoms with Crippen molar-refractivity contribution in [2.75, 3.05) is 21.3 Å². The zero-order valence-electron chi connectivity index (χ0n) is 21.3. The number of ketones is 1. The minimum absolute atomic E-state index is 0.0204. The molecule has 1 aliphatic rings. The standard InChI is InChI=1S/C31H27NO6/c1-36-22-14-11-19(12-15-22)18-32-28(21-13-16-25(37-2)26(17-21)38-3)27(30(34)31(32)35)29(33)24-10-6-8-20-7-4-5-9-23(20)24/h4-17,28,33H,18H2,1-3H3/b29-27+. The van der Waals surface area contributed by atoms with Crippen LogP contribution in [-0.2, 0) is 16.1 Å². The summed E-state index contributed by atoms with van der Waals surface area (Å²) in [5.41, 5.74) is 1.92. The first kappa shape index (κ1) is 24.9. The largest absolute Gasteiger partial charge is 0.507 e. The molecule has 1 saturated heterocycles. The fraction of sp³-hybridized carbons (Fsp3) is 0.161. The molecule has 1 N–H and O–H groups in total. The number of methoxy groups -OCH3 is 3. The maximum atomic E-state index is 13.5. The number of hydrogen-bond acceptors (Lipinski definition) is 6. The maximum Gasteiger partial charge on any atom is 0.295 e. The zero-order chi connectivity index (χ0) is 26.8. The molecule has 1 atom stereocenters. The van der Waals surface area contributed by atoms with Gasteiger partial charge in [0.2, 0.25) is 0 Å². The van der Waals surface area contributed by atoms with Crippen LogP contribution in [0.5, 0.6) is 17.2 Å². The van der Waals surface area contributed by atoms with Gasteiger partial charge in [0.05, 0.1) is 32.9 Å². The Morgan fingerprint density at radius 3 is 2.24 bits per heavy atom. The number of hydrogen-bond donors (Lipinski definition) is 1. The molecule has 4 aromatic rings. The van der Waals surface area contributed by atoms with Gasteiger partial charge in [-0.05, 0) is 46.2 Å². The van der Waals surface area contributed by atoms with Gasteiger partial charge < -0.3 is 24.2 Å². The number of carbonyl (C=O) groups is 2. The third-order valence-corrected chi connectivity index (χ3v) is 6.82. The van der Waals surface area contributed by atoms with Crippen LogP contribution in [0.3, 0.4) is 0 Å². The van der Waals surface area contributed by atoms with E-state index in [2.05, 4.69) is 0 Å². The van der Waals surface area contributed by atoms with Gasteiger partial charge >= 0.3 is 0 Å². The molecule has 0 bridgehead atoms. The van der Waals surface area contributed by atoms with Gasteiger partial charge in [-0.1, -0.05) is 60.7 Å². The molecule has 4 aromatic carbocycles. The van der Waals surface area contributed by atoms with Gasteiger partial charge in [-0.3, -0.25) is 9.59 Å². The van der Waals surface area contributed by atoms with E-state index in [9.17, 15) is 14.7 Å². The van der Waals surface area contributed by atoms with E-state index in [1.165, 1.54) is 19.1 Å². The van der Waals surface area contributed by atoms with E-state index in [0.717, 1.165) is 16.3 Å². The summed E-state index contributed by atoms with van der Waals surface area (Å²) in [6.45, 7) is 0.153. The molecule has 5 rings (SSSR count). The molecular weight excluding hydrogens is 482 g/mol. The number of benzene rings is 4. The predicted molar refractivity (Wildman–Crippen MR) is 144 cm³/mol. The van der Waals surface area contributed by atoms with Crippen LogP contribution in [0.15, 0.2) is 90.5 Å². The Labute approximate surface area is 220 Å². The summed E-state index contributed by atoms with van der Waals surface area (Å²) in [6.07, 6.45) is 0. The number of fused-ring (bicyclic) bond motifs is 1. The molecule has 1 unspecified atom stereocenters. The lowest BCUT2D eigenvalue weighted by molar-refractivity contribution is -0.140. The van der Waals surface area contributed by atoms with Crippen molar-refractivity contribution in [2.24, 2.45) is 0 Å². The van der Waals surface area contributed by atoms with Gasteiger partial charge in [-0.2, -0.15) is 0 Å². The lowest BCUT2D eigenvalue weighted by Crippen LogP contribution is -2.29. The van der Waals surface area contributed by atoms with Crippen molar-refractivity contribution in [3.05, 3.63) is 107 Å². The Kier molecular flexibility index (Phi) is 6.75. The molecular formula is C31H27NO6. The number of aliphatic hydroxyl groups excluding tert-OH is 1. The van der Waals surface area contributed by atoms with Crippen molar-refractivity contribution in [1.82, 2.24) is 4.90 Å². The Morgan fingerprint density at radius 1 is 0.816 bits per heavy atom. The summed E-state index contributed by atoms with van der Waals surface area (Å²) in [6, 6.07) is 24.7. The van der Waals surface area contributed by atoms with E-state index in [4.69, 9.17) is 14.2 Å². The Balaban J connectivity index is 1.70. The molecule has 1 aliphatic heterocycles. The first-order valence-electron chi connectivity index (χ1n) is 12.1. The molecule has 7 heteroatoms. The second-order valence-electron chi connectivity index (χ2n) is 8.92. The van der Waals surface area contributed by atoms with Gasteiger partial charge in [-0.25, -0.2) is 0 Å². The van der Waals surface area contributed by atoms with Crippen molar-refractivity contribution in [3.8, 4) is 17.2 Å². The van der Waals surface area contributed by atoms with E-state index in [-0.39, 0.29) is 17.9 Å². The Morgan fingerprint density at radius 2 is 1.53 bits per heavy atom. The summed E-state index contributed by atoms with van der Waals surface area (Å²) >= 11 is 0. The number of Topliss-reactive ketones (excluding diaryl/α,β-unsaturated/α-hetero) is 1. The van der Waals surface area contributed by atoms with E-state index in [1.54, 1.807) is 43.5 Å². The normalized spacial score (nSPS) is 16.6. The molecule has 7 nitrogen and oxygen atoms in total. The molecule has 0 aliphatic carbocycles. The molecule has 0 saturated carbocycles. The first-order valence-corrected chi connectivity index (χ1v) is 12.1. The Bertz CT molecular complexity index is 1550. The van der Waals surface area contributed by atoms with E-state index in [1.807, 2.05) is 48.5 Å². The SMILES string of the molecule is COc1ccc(CN2C(=O)C(=O)/C(=C(/O)c3cccc4ccccc34)C2c2ccc(OC)c(OC)c2)cc1. The van der Waals surface area contributed by atoms with Crippen LogP contribution in [0.4, 0.5) is 0 Å². The highest BCUT2D eigenvalue weighted by Crippen LogP contribution is 2.43. The second kappa shape index (κ2) is 10.3. The summed E-state index contributed by atoms with van der Waals surface area (Å²) in [5, 5.41) is 13.3. The number of aliphatic hydroxyl groups is 1. The average molecular weight is 510 g/mol. The van der Waals surface area contributed by atoms with Crippen LogP contribution in [0.25, 0.3) is 16.5 Å². The molecule has 0 aromatic heterocycles. The molecule has 1 fully saturated rings. The lowest BCUT2D eigenvalue weighted by atomic mass is 9.93. The quantitative estimate of drug-likeness (QED) is 0.202. The topological polar surface area (TPSA) is 85.3 Å². The minimum atomic E-state index is -0.851. The highest BCUT2D eigenvalue weighted by atomic mass is 16.5. The van der Waals surface area contributed by atoms with Crippen molar-refractivity contribution >= 4 is 28.2 Å². The van der Waals surface area contributed by atoms with E-state index < -0.39 is 17.7 Å². The zero-order valence-corrected chi connectivity index (χ0v) is 21.3.